The predicted molar refractivity (Wildman–Crippen MR) is 72.5 cm³/mol. The van der Waals surface area contributed by atoms with Crippen molar-refractivity contribution in [2.75, 3.05) is 5.73 Å². The average molecular weight is 276 g/mol. The summed E-state index contributed by atoms with van der Waals surface area (Å²) in [6.45, 7) is 2.09. The molecular weight excluding hydrogens is 262 g/mol. The normalized spacial score (nSPS) is 10.4. The molecule has 0 amide bonds. The molecule has 0 unspecified atom stereocenters. The van der Waals surface area contributed by atoms with Crippen LogP contribution in [0.25, 0.3) is 0 Å². The van der Waals surface area contributed by atoms with Crippen molar-refractivity contribution in [1.82, 2.24) is 0 Å². The lowest BCUT2D eigenvalue weighted by Gasteiger charge is -2.06. The van der Waals surface area contributed by atoms with Crippen LogP contribution in [0.5, 0.6) is 0 Å². The van der Waals surface area contributed by atoms with Gasteiger partial charge in [-0.05, 0) is 42.7 Å². The third kappa shape index (κ3) is 2.64. The molecule has 0 saturated heterocycles. The highest BCUT2D eigenvalue weighted by atomic mass is 79.9. The standard InChI is InChI=1S/C14H14BrN/c1-10-2-4-11(5-3-10)8-12-9-13(15)6-7-14(12)16/h2-7,9H,8,16H2,1H3. The fourth-order valence-electron chi connectivity index (χ4n) is 1.65. The zero-order valence-corrected chi connectivity index (χ0v) is 10.8. The Bertz CT molecular complexity index is 489. The van der Waals surface area contributed by atoms with E-state index in [4.69, 9.17) is 5.73 Å². The Morgan fingerprint density at radius 2 is 1.75 bits per heavy atom. The zero-order valence-electron chi connectivity index (χ0n) is 9.20. The zero-order chi connectivity index (χ0) is 11.5. The Balaban J connectivity index is 2.26. The predicted octanol–water partition coefficient (Wildman–Crippen LogP) is 3.93. The van der Waals surface area contributed by atoms with E-state index in [1.165, 1.54) is 16.7 Å². The van der Waals surface area contributed by atoms with Gasteiger partial charge in [-0.2, -0.15) is 0 Å². The molecule has 0 heterocycles. The molecule has 2 N–H and O–H groups in total. The molecule has 0 spiro atoms. The van der Waals surface area contributed by atoms with Crippen LogP contribution < -0.4 is 5.73 Å². The minimum Gasteiger partial charge on any atom is -0.398 e. The molecule has 0 aliphatic rings. The van der Waals surface area contributed by atoms with Gasteiger partial charge in [0.25, 0.3) is 0 Å². The van der Waals surface area contributed by atoms with Crippen molar-refractivity contribution in [3.63, 3.8) is 0 Å². The minimum atomic E-state index is 0.851. The van der Waals surface area contributed by atoms with E-state index in [1.807, 2.05) is 12.1 Å². The summed E-state index contributed by atoms with van der Waals surface area (Å²) in [6.07, 6.45) is 0.881. The van der Waals surface area contributed by atoms with E-state index >= 15 is 0 Å². The number of anilines is 1. The van der Waals surface area contributed by atoms with Gasteiger partial charge in [-0.15, -0.1) is 0 Å². The highest BCUT2D eigenvalue weighted by molar-refractivity contribution is 9.10. The lowest BCUT2D eigenvalue weighted by molar-refractivity contribution is 1.19. The number of rotatable bonds is 2. The summed E-state index contributed by atoms with van der Waals surface area (Å²) in [6, 6.07) is 14.5. The minimum absolute atomic E-state index is 0.851. The van der Waals surface area contributed by atoms with Crippen molar-refractivity contribution in [2.45, 2.75) is 13.3 Å². The second kappa shape index (κ2) is 4.71. The van der Waals surface area contributed by atoms with E-state index in [1.54, 1.807) is 0 Å². The summed E-state index contributed by atoms with van der Waals surface area (Å²) >= 11 is 3.47. The molecule has 82 valence electrons. The number of nitrogen functional groups attached to an aromatic ring is 1. The third-order valence-electron chi connectivity index (χ3n) is 2.62. The van der Waals surface area contributed by atoms with E-state index in [-0.39, 0.29) is 0 Å². The first-order valence-corrected chi connectivity index (χ1v) is 6.04. The lowest BCUT2D eigenvalue weighted by atomic mass is 10.0. The van der Waals surface area contributed by atoms with Crippen molar-refractivity contribution >= 4 is 21.6 Å². The van der Waals surface area contributed by atoms with Crippen LogP contribution in [-0.4, -0.2) is 0 Å². The van der Waals surface area contributed by atoms with Crippen molar-refractivity contribution < 1.29 is 0 Å². The highest BCUT2D eigenvalue weighted by Crippen LogP contribution is 2.21. The van der Waals surface area contributed by atoms with Gasteiger partial charge in [-0.25, -0.2) is 0 Å². The number of aryl methyl sites for hydroxylation is 1. The lowest BCUT2D eigenvalue weighted by Crippen LogP contribution is -1.95. The summed E-state index contributed by atoms with van der Waals surface area (Å²) in [5.74, 6) is 0. The van der Waals surface area contributed by atoms with Crippen molar-refractivity contribution in [3.8, 4) is 0 Å². The van der Waals surface area contributed by atoms with Gasteiger partial charge in [0.2, 0.25) is 0 Å². The Morgan fingerprint density at radius 3 is 2.44 bits per heavy atom. The molecule has 2 aromatic carbocycles. The Hall–Kier alpha value is -1.28. The summed E-state index contributed by atoms with van der Waals surface area (Å²) < 4.78 is 1.07. The molecule has 2 aromatic rings. The fraction of sp³-hybridized carbons (Fsp3) is 0.143. The monoisotopic (exact) mass is 275 g/mol. The van der Waals surface area contributed by atoms with Gasteiger partial charge in [0.05, 0.1) is 0 Å². The molecule has 0 saturated carbocycles. The number of halogens is 1. The molecule has 16 heavy (non-hydrogen) atoms. The van der Waals surface area contributed by atoms with Gasteiger partial charge < -0.3 is 5.73 Å². The molecule has 0 fully saturated rings. The molecule has 0 atom stereocenters. The Labute approximate surface area is 104 Å². The van der Waals surface area contributed by atoms with Crippen LogP contribution in [0.2, 0.25) is 0 Å². The number of benzene rings is 2. The van der Waals surface area contributed by atoms with Crippen LogP contribution in [0.4, 0.5) is 5.69 Å². The number of hydrogen-bond acceptors (Lipinski definition) is 1. The van der Waals surface area contributed by atoms with Crippen molar-refractivity contribution in [2.24, 2.45) is 0 Å². The topological polar surface area (TPSA) is 26.0 Å². The molecule has 0 aliphatic heterocycles. The van der Waals surface area contributed by atoms with E-state index in [9.17, 15) is 0 Å². The summed E-state index contributed by atoms with van der Waals surface area (Å²) in [5.41, 5.74) is 10.5. The van der Waals surface area contributed by atoms with Crippen LogP contribution >= 0.6 is 15.9 Å². The molecule has 0 radical (unpaired) electrons. The van der Waals surface area contributed by atoms with Crippen molar-refractivity contribution in [1.29, 1.82) is 0 Å². The number of hydrogen-bond donors (Lipinski definition) is 1. The van der Waals surface area contributed by atoms with E-state index in [2.05, 4.69) is 53.2 Å². The molecular formula is C14H14BrN. The van der Waals surface area contributed by atoms with E-state index in [0.717, 1.165) is 16.6 Å². The first kappa shape index (κ1) is 11.2. The van der Waals surface area contributed by atoms with Gasteiger partial charge in [-0.1, -0.05) is 45.8 Å². The second-order valence-electron chi connectivity index (χ2n) is 4.01. The number of nitrogens with two attached hydrogens (primary N) is 1. The molecule has 2 heteroatoms. The SMILES string of the molecule is Cc1ccc(Cc2cc(Br)ccc2N)cc1. The van der Waals surface area contributed by atoms with Crippen LogP contribution in [0, 0.1) is 6.92 Å². The van der Waals surface area contributed by atoms with Gasteiger partial charge in [0, 0.05) is 10.2 Å². The largest absolute Gasteiger partial charge is 0.398 e. The van der Waals surface area contributed by atoms with Gasteiger partial charge >= 0.3 is 0 Å². The molecule has 0 aliphatic carbocycles. The van der Waals surface area contributed by atoms with Gasteiger partial charge in [-0.3, -0.25) is 0 Å². The van der Waals surface area contributed by atoms with Crippen LogP contribution in [-0.2, 0) is 6.42 Å². The van der Waals surface area contributed by atoms with Crippen LogP contribution in [0.3, 0.4) is 0 Å². The van der Waals surface area contributed by atoms with Crippen LogP contribution in [0.15, 0.2) is 46.9 Å². The molecule has 2 rings (SSSR count). The summed E-state index contributed by atoms with van der Waals surface area (Å²) in [5, 5.41) is 0. The summed E-state index contributed by atoms with van der Waals surface area (Å²) in [7, 11) is 0. The first-order chi connectivity index (χ1) is 7.65. The smallest absolute Gasteiger partial charge is 0.0350 e. The van der Waals surface area contributed by atoms with Gasteiger partial charge in [0.1, 0.15) is 0 Å². The van der Waals surface area contributed by atoms with Crippen molar-refractivity contribution in [3.05, 3.63) is 63.6 Å². The summed E-state index contributed by atoms with van der Waals surface area (Å²) in [4.78, 5) is 0. The van der Waals surface area contributed by atoms with Crippen LogP contribution in [0.1, 0.15) is 16.7 Å². The molecule has 1 nitrogen and oxygen atoms in total. The molecule has 0 bridgehead atoms. The second-order valence-corrected chi connectivity index (χ2v) is 4.92. The molecule has 0 aromatic heterocycles. The maximum atomic E-state index is 5.95. The third-order valence-corrected chi connectivity index (χ3v) is 3.11. The fourth-order valence-corrected chi connectivity index (χ4v) is 2.06. The van der Waals surface area contributed by atoms with E-state index < -0.39 is 0 Å². The maximum absolute atomic E-state index is 5.95. The quantitative estimate of drug-likeness (QED) is 0.826. The Morgan fingerprint density at radius 1 is 1.06 bits per heavy atom. The van der Waals surface area contributed by atoms with Gasteiger partial charge in [0.15, 0.2) is 0 Å². The first-order valence-electron chi connectivity index (χ1n) is 5.24. The highest BCUT2D eigenvalue weighted by Gasteiger charge is 2.01. The average Bonchev–Trinajstić information content (AvgIpc) is 2.27. The maximum Gasteiger partial charge on any atom is 0.0350 e. The Kier molecular flexibility index (Phi) is 3.30. The van der Waals surface area contributed by atoms with E-state index in [0.29, 0.717) is 0 Å².